The summed E-state index contributed by atoms with van der Waals surface area (Å²) in [5.41, 5.74) is -0.461. The smallest absolute Gasteiger partial charge is 0.0642 e. The summed E-state index contributed by atoms with van der Waals surface area (Å²) in [6.45, 7) is 10.7. The van der Waals surface area contributed by atoms with Crippen LogP contribution >= 0.6 is 0 Å². The Kier molecular flexibility index (Phi) is 5.62. The van der Waals surface area contributed by atoms with Gasteiger partial charge in [-0.2, -0.15) is 0 Å². The molecule has 0 aromatic rings. The molecule has 0 amide bonds. The zero-order chi connectivity index (χ0) is 10.5. The Hall–Kier alpha value is -0.0400. The molecule has 0 aliphatic carbocycles. The second-order valence-electron chi connectivity index (χ2n) is 4.94. The lowest BCUT2D eigenvalue weighted by molar-refractivity contribution is -0.00175. The first-order valence-electron chi connectivity index (χ1n) is 5.62. The number of aliphatic hydroxyl groups is 1. The lowest BCUT2D eigenvalue weighted by atomic mass is 9.84. The molecule has 80 valence electrons. The molecule has 0 saturated heterocycles. The van der Waals surface area contributed by atoms with Gasteiger partial charge in [0.15, 0.2) is 0 Å². The Morgan fingerprint density at radius 3 is 2.08 bits per heavy atom. The van der Waals surface area contributed by atoms with Gasteiger partial charge in [0, 0.05) is 0 Å². The van der Waals surface area contributed by atoms with E-state index in [9.17, 15) is 5.11 Å². The number of rotatable bonds is 6. The van der Waals surface area contributed by atoms with Crippen molar-refractivity contribution in [2.45, 2.75) is 65.9 Å². The topological polar surface area (TPSA) is 20.2 Å². The van der Waals surface area contributed by atoms with Gasteiger partial charge in [0.2, 0.25) is 0 Å². The molecule has 0 radical (unpaired) electrons. The van der Waals surface area contributed by atoms with E-state index in [1.165, 1.54) is 12.8 Å². The van der Waals surface area contributed by atoms with Crippen LogP contribution in [0.3, 0.4) is 0 Å². The van der Waals surface area contributed by atoms with Crippen LogP contribution in [0.25, 0.3) is 0 Å². The molecule has 1 N–H and O–H groups in total. The minimum Gasteiger partial charge on any atom is -0.390 e. The highest BCUT2D eigenvalue weighted by atomic mass is 16.3. The predicted octanol–water partition coefficient (Wildman–Crippen LogP) is 3.61. The molecule has 0 heterocycles. The third-order valence-corrected chi connectivity index (χ3v) is 3.20. The second-order valence-corrected chi connectivity index (χ2v) is 4.94. The normalized spacial score (nSPS) is 18.7. The van der Waals surface area contributed by atoms with Crippen LogP contribution in [0.2, 0.25) is 0 Å². The third-order valence-electron chi connectivity index (χ3n) is 3.20. The van der Waals surface area contributed by atoms with Crippen molar-refractivity contribution in [2.24, 2.45) is 11.8 Å². The molecule has 0 fully saturated rings. The summed E-state index contributed by atoms with van der Waals surface area (Å²) in [7, 11) is 0. The van der Waals surface area contributed by atoms with Crippen molar-refractivity contribution in [2.75, 3.05) is 0 Å². The Morgan fingerprint density at radius 1 is 1.15 bits per heavy atom. The number of hydrogen-bond donors (Lipinski definition) is 1. The lowest BCUT2D eigenvalue weighted by Crippen LogP contribution is -2.31. The van der Waals surface area contributed by atoms with Crippen LogP contribution in [-0.2, 0) is 0 Å². The minimum atomic E-state index is -0.461. The monoisotopic (exact) mass is 186 g/mol. The maximum absolute atomic E-state index is 9.96. The summed E-state index contributed by atoms with van der Waals surface area (Å²) in [6, 6.07) is 0. The van der Waals surface area contributed by atoms with E-state index < -0.39 is 5.60 Å². The van der Waals surface area contributed by atoms with E-state index in [1.54, 1.807) is 0 Å². The molecule has 0 spiro atoms. The molecule has 0 aromatic heterocycles. The summed E-state index contributed by atoms with van der Waals surface area (Å²) >= 11 is 0. The third kappa shape index (κ3) is 5.30. The molecule has 0 aliphatic rings. The zero-order valence-corrected chi connectivity index (χ0v) is 9.93. The molecule has 0 aliphatic heterocycles. The molecule has 1 nitrogen and oxygen atoms in total. The van der Waals surface area contributed by atoms with E-state index >= 15 is 0 Å². The van der Waals surface area contributed by atoms with E-state index in [2.05, 4.69) is 27.7 Å². The molecule has 0 aromatic carbocycles. The maximum Gasteiger partial charge on any atom is 0.0642 e. The van der Waals surface area contributed by atoms with Crippen LogP contribution in [-0.4, -0.2) is 10.7 Å². The molecule has 0 bridgehead atoms. The van der Waals surface area contributed by atoms with Crippen molar-refractivity contribution < 1.29 is 5.11 Å². The van der Waals surface area contributed by atoms with Gasteiger partial charge in [-0.15, -0.1) is 0 Å². The van der Waals surface area contributed by atoms with Gasteiger partial charge in [-0.25, -0.2) is 0 Å². The van der Waals surface area contributed by atoms with Gasteiger partial charge < -0.3 is 5.11 Å². The predicted molar refractivity (Wildman–Crippen MR) is 58.8 cm³/mol. The van der Waals surface area contributed by atoms with Gasteiger partial charge in [-0.3, -0.25) is 0 Å². The zero-order valence-electron chi connectivity index (χ0n) is 9.93. The van der Waals surface area contributed by atoms with Crippen molar-refractivity contribution in [3.8, 4) is 0 Å². The summed E-state index contributed by atoms with van der Waals surface area (Å²) in [5.74, 6) is 1.22. The van der Waals surface area contributed by atoms with E-state index in [1.807, 2.05) is 6.92 Å². The van der Waals surface area contributed by atoms with Crippen LogP contribution in [0.5, 0.6) is 0 Å². The minimum absolute atomic E-state index is 0.427. The highest BCUT2D eigenvalue weighted by Gasteiger charge is 2.25. The highest BCUT2D eigenvalue weighted by Crippen LogP contribution is 2.25. The number of hydrogen-bond acceptors (Lipinski definition) is 1. The summed E-state index contributed by atoms with van der Waals surface area (Å²) in [5, 5.41) is 9.96. The molecule has 13 heavy (non-hydrogen) atoms. The first-order chi connectivity index (χ1) is 5.90. The fraction of sp³-hybridized carbons (Fsp3) is 1.00. The van der Waals surface area contributed by atoms with Gasteiger partial charge in [-0.05, 0) is 31.6 Å². The average Bonchev–Trinajstić information content (AvgIpc) is 2.03. The summed E-state index contributed by atoms with van der Waals surface area (Å²) in [4.78, 5) is 0. The van der Waals surface area contributed by atoms with E-state index in [0.29, 0.717) is 5.92 Å². The molecule has 0 rings (SSSR count). The lowest BCUT2D eigenvalue weighted by Gasteiger charge is -2.29. The molecular weight excluding hydrogens is 160 g/mol. The molecular formula is C12H26O. The van der Waals surface area contributed by atoms with Gasteiger partial charge in [0.05, 0.1) is 5.60 Å². The first-order valence-corrected chi connectivity index (χ1v) is 5.62. The van der Waals surface area contributed by atoms with Crippen LogP contribution < -0.4 is 0 Å². The van der Waals surface area contributed by atoms with Crippen molar-refractivity contribution in [3.05, 3.63) is 0 Å². The average molecular weight is 186 g/mol. The van der Waals surface area contributed by atoms with Gasteiger partial charge >= 0.3 is 0 Å². The summed E-state index contributed by atoms with van der Waals surface area (Å²) < 4.78 is 0. The molecule has 0 saturated carbocycles. The van der Waals surface area contributed by atoms with Crippen molar-refractivity contribution in [1.29, 1.82) is 0 Å². The standard InChI is InChI=1S/C12H26O/c1-6-12(5,13)11(4)9-7-8-10(2)3/h10-11,13H,6-9H2,1-5H3. The van der Waals surface area contributed by atoms with Crippen molar-refractivity contribution >= 4 is 0 Å². The van der Waals surface area contributed by atoms with Crippen LogP contribution in [0, 0.1) is 11.8 Å². The van der Waals surface area contributed by atoms with Gasteiger partial charge in [-0.1, -0.05) is 40.5 Å². The van der Waals surface area contributed by atoms with Gasteiger partial charge in [0.25, 0.3) is 0 Å². The molecule has 2 atom stereocenters. The molecule has 1 heteroatoms. The van der Waals surface area contributed by atoms with E-state index in [0.717, 1.165) is 18.8 Å². The van der Waals surface area contributed by atoms with Crippen LogP contribution in [0.4, 0.5) is 0 Å². The fourth-order valence-corrected chi connectivity index (χ4v) is 1.49. The van der Waals surface area contributed by atoms with E-state index in [-0.39, 0.29) is 0 Å². The Morgan fingerprint density at radius 2 is 1.69 bits per heavy atom. The Bertz CT molecular complexity index is 127. The van der Waals surface area contributed by atoms with Crippen molar-refractivity contribution in [1.82, 2.24) is 0 Å². The largest absolute Gasteiger partial charge is 0.390 e. The Labute approximate surface area is 83.5 Å². The second kappa shape index (κ2) is 5.64. The highest BCUT2D eigenvalue weighted by molar-refractivity contribution is 4.77. The quantitative estimate of drug-likeness (QED) is 0.672. The van der Waals surface area contributed by atoms with Crippen molar-refractivity contribution in [3.63, 3.8) is 0 Å². The molecule has 2 unspecified atom stereocenters. The first kappa shape index (κ1) is 13.0. The fourth-order valence-electron chi connectivity index (χ4n) is 1.49. The maximum atomic E-state index is 9.96. The SMILES string of the molecule is CCC(C)(O)C(C)CCCC(C)C. The van der Waals surface area contributed by atoms with E-state index in [4.69, 9.17) is 0 Å². The van der Waals surface area contributed by atoms with Gasteiger partial charge in [0.1, 0.15) is 0 Å². The summed E-state index contributed by atoms with van der Waals surface area (Å²) in [6.07, 6.45) is 4.54. The van der Waals surface area contributed by atoms with Crippen LogP contribution in [0.15, 0.2) is 0 Å². The Balaban J connectivity index is 3.68. The van der Waals surface area contributed by atoms with Crippen LogP contribution in [0.1, 0.15) is 60.3 Å².